The first-order chi connectivity index (χ1) is 14.3. The number of carboxylic acid groups (broad SMARTS) is 1. The number of carboxylic acids is 1. The van der Waals surface area contributed by atoms with Crippen molar-refractivity contribution in [3.05, 3.63) is 63.6 Å². The number of aromatic carboxylic acids is 1. The number of halogens is 1. The SMILES string of the molecule is Cc1cc(Br)ccc1OCCC(=O)N1CCN(C(=O)c2ccc(C(=O)O)cc2)CC1. The molecule has 158 valence electrons. The van der Waals surface area contributed by atoms with Gasteiger partial charge in [0.1, 0.15) is 5.75 Å². The molecular formula is C22H23BrN2O5. The van der Waals surface area contributed by atoms with Crippen LogP contribution in [0.1, 0.15) is 32.7 Å². The van der Waals surface area contributed by atoms with Gasteiger partial charge in [-0.15, -0.1) is 0 Å². The molecule has 0 aromatic heterocycles. The first-order valence-corrected chi connectivity index (χ1v) is 10.4. The number of benzene rings is 2. The van der Waals surface area contributed by atoms with E-state index < -0.39 is 5.97 Å². The fourth-order valence-electron chi connectivity index (χ4n) is 3.28. The number of amides is 2. The standard InChI is InChI=1S/C22H23BrN2O5/c1-15-14-18(23)6-7-19(15)30-13-8-20(26)24-9-11-25(12-10-24)21(27)16-2-4-17(5-3-16)22(28)29/h2-7,14H,8-13H2,1H3,(H,28,29). The molecule has 2 amide bonds. The fourth-order valence-corrected chi connectivity index (χ4v) is 3.75. The molecule has 0 atom stereocenters. The number of rotatable bonds is 6. The molecule has 0 aliphatic carbocycles. The Morgan fingerprint density at radius 2 is 1.57 bits per heavy atom. The van der Waals surface area contributed by atoms with Gasteiger partial charge in [0.2, 0.25) is 5.91 Å². The molecule has 2 aromatic rings. The van der Waals surface area contributed by atoms with E-state index in [0.717, 1.165) is 15.8 Å². The highest BCUT2D eigenvalue weighted by Gasteiger charge is 2.25. The second kappa shape index (κ2) is 9.75. The van der Waals surface area contributed by atoms with E-state index in [0.29, 0.717) is 38.3 Å². The summed E-state index contributed by atoms with van der Waals surface area (Å²) in [5.41, 5.74) is 1.58. The van der Waals surface area contributed by atoms with Crippen LogP contribution in [0.3, 0.4) is 0 Å². The number of aryl methyl sites for hydroxylation is 1. The van der Waals surface area contributed by atoms with Crippen molar-refractivity contribution >= 4 is 33.7 Å². The second-order valence-corrected chi connectivity index (χ2v) is 7.98. The molecule has 3 rings (SSSR count). The lowest BCUT2D eigenvalue weighted by atomic mass is 10.1. The lowest BCUT2D eigenvalue weighted by molar-refractivity contribution is -0.133. The van der Waals surface area contributed by atoms with E-state index in [9.17, 15) is 14.4 Å². The van der Waals surface area contributed by atoms with Gasteiger partial charge in [0.05, 0.1) is 18.6 Å². The summed E-state index contributed by atoms with van der Waals surface area (Å²) in [7, 11) is 0. The molecule has 30 heavy (non-hydrogen) atoms. The van der Waals surface area contributed by atoms with Gasteiger partial charge in [-0.05, 0) is 55.0 Å². The Morgan fingerprint density at radius 1 is 0.967 bits per heavy atom. The van der Waals surface area contributed by atoms with E-state index >= 15 is 0 Å². The Labute approximate surface area is 183 Å². The summed E-state index contributed by atoms with van der Waals surface area (Å²) in [4.78, 5) is 39.4. The predicted octanol–water partition coefficient (Wildman–Crippen LogP) is 3.21. The summed E-state index contributed by atoms with van der Waals surface area (Å²) in [6.45, 7) is 4.07. The Hall–Kier alpha value is -2.87. The lowest BCUT2D eigenvalue weighted by Gasteiger charge is -2.35. The van der Waals surface area contributed by atoms with E-state index in [-0.39, 0.29) is 23.8 Å². The number of piperazine rings is 1. The number of nitrogens with zero attached hydrogens (tertiary/aromatic N) is 2. The lowest BCUT2D eigenvalue weighted by Crippen LogP contribution is -2.50. The van der Waals surface area contributed by atoms with Gasteiger partial charge < -0.3 is 19.6 Å². The first kappa shape index (κ1) is 21.8. The average Bonchev–Trinajstić information content (AvgIpc) is 2.75. The summed E-state index contributed by atoms with van der Waals surface area (Å²) in [5.74, 6) is -0.425. The van der Waals surface area contributed by atoms with Crippen LogP contribution in [-0.2, 0) is 4.79 Å². The number of carbonyl (C=O) groups is 3. The maximum atomic E-state index is 12.6. The van der Waals surface area contributed by atoms with Crippen LogP contribution in [0.2, 0.25) is 0 Å². The van der Waals surface area contributed by atoms with Crippen molar-refractivity contribution in [3.8, 4) is 5.75 Å². The van der Waals surface area contributed by atoms with Gasteiger partial charge in [0.15, 0.2) is 0 Å². The number of ether oxygens (including phenoxy) is 1. The zero-order chi connectivity index (χ0) is 21.7. The summed E-state index contributed by atoms with van der Waals surface area (Å²) in [6, 6.07) is 11.6. The van der Waals surface area contributed by atoms with Gasteiger partial charge in [-0.2, -0.15) is 0 Å². The van der Waals surface area contributed by atoms with E-state index in [1.165, 1.54) is 24.3 Å². The van der Waals surface area contributed by atoms with Gasteiger partial charge in [-0.25, -0.2) is 4.79 Å². The maximum absolute atomic E-state index is 12.6. The van der Waals surface area contributed by atoms with Crippen LogP contribution in [0.5, 0.6) is 5.75 Å². The third kappa shape index (κ3) is 5.38. The molecule has 0 saturated carbocycles. The monoisotopic (exact) mass is 474 g/mol. The zero-order valence-electron chi connectivity index (χ0n) is 16.6. The van der Waals surface area contributed by atoms with Crippen LogP contribution in [0, 0.1) is 6.92 Å². The zero-order valence-corrected chi connectivity index (χ0v) is 18.2. The Morgan fingerprint density at radius 3 is 2.17 bits per heavy atom. The van der Waals surface area contributed by atoms with Crippen molar-refractivity contribution in [2.75, 3.05) is 32.8 Å². The molecule has 0 radical (unpaired) electrons. The van der Waals surface area contributed by atoms with Gasteiger partial charge in [0, 0.05) is 36.2 Å². The Bertz CT molecular complexity index is 937. The topological polar surface area (TPSA) is 87.2 Å². The number of hydrogen-bond donors (Lipinski definition) is 1. The highest BCUT2D eigenvalue weighted by atomic mass is 79.9. The van der Waals surface area contributed by atoms with Crippen molar-refractivity contribution < 1.29 is 24.2 Å². The van der Waals surface area contributed by atoms with Crippen molar-refractivity contribution in [2.24, 2.45) is 0 Å². The van der Waals surface area contributed by atoms with Crippen LogP contribution in [0.15, 0.2) is 46.9 Å². The van der Waals surface area contributed by atoms with Gasteiger partial charge in [-0.1, -0.05) is 15.9 Å². The fraction of sp³-hybridized carbons (Fsp3) is 0.318. The Balaban J connectivity index is 1.45. The summed E-state index contributed by atoms with van der Waals surface area (Å²) >= 11 is 3.41. The molecule has 1 aliphatic heterocycles. The van der Waals surface area contributed by atoms with E-state index in [4.69, 9.17) is 9.84 Å². The highest BCUT2D eigenvalue weighted by Crippen LogP contribution is 2.22. The second-order valence-electron chi connectivity index (χ2n) is 7.06. The van der Waals surface area contributed by atoms with Crippen LogP contribution in [0.4, 0.5) is 0 Å². The molecule has 0 unspecified atom stereocenters. The van der Waals surface area contributed by atoms with Crippen LogP contribution in [0.25, 0.3) is 0 Å². The summed E-state index contributed by atoms with van der Waals surface area (Å²) < 4.78 is 6.70. The van der Waals surface area contributed by atoms with Gasteiger partial charge in [0.25, 0.3) is 5.91 Å². The molecule has 0 bridgehead atoms. The molecule has 1 aliphatic rings. The van der Waals surface area contributed by atoms with Crippen molar-refractivity contribution in [1.29, 1.82) is 0 Å². The molecule has 7 nitrogen and oxygen atoms in total. The van der Waals surface area contributed by atoms with Gasteiger partial charge >= 0.3 is 5.97 Å². The first-order valence-electron chi connectivity index (χ1n) is 9.64. The average molecular weight is 475 g/mol. The van der Waals surface area contributed by atoms with Crippen LogP contribution in [-0.4, -0.2) is 65.5 Å². The van der Waals surface area contributed by atoms with Crippen molar-refractivity contribution in [2.45, 2.75) is 13.3 Å². The molecular weight excluding hydrogens is 452 g/mol. The third-order valence-electron chi connectivity index (χ3n) is 5.01. The van der Waals surface area contributed by atoms with E-state index in [1.54, 1.807) is 9.80 Å². The molecule has 1 N–H and O–H groups in total. The van der Waals surface area contributed by atoms with Crippen molar-refractivity contribution in [1.82, 2.24) is 9.80 Å². The molecule has 2 aromatic carbocycles. The number of carbonyl (C=O) groups excluding carboxylic acids is 2. The molecule has 1 heterocycles. The molecule has 1 saturated heterocycles. The van der Waals surface area contributed by atoms with E-state index in [1.807, 2.05) is 25.1 Å². The predicted molar refractivity (Wildman–Crippen MR) is 115 cm³/mol. The van der Waals surface area contributed by atoms with Crippen LogP contribution >= 0.6 is 15.9 Å². The van der Waals surface area contributed by atoms with E-state index in [2.05, 4.69) is 15.9 Å². The van der Waals surface area contributed by atoms with Crippen LogP contribution < -0.4 is 4.74 Å². The van der Waals surface area contributed by atoms with Gasteiger partial charge in [-0.3, -0.25) is 9.59 Å². The maximum Gasteiger partial charge on any atom is 0.335 e. The van der Waals surface area contributed by atoms with Crippen molar-refractivity contribution in [3.63, 3.8) is 0 Å². The highest BCUT2D eigenvalue weighted by molar-refractivity contribution is 9.10. The smallest absolute Gasteiger partial charge is 0.335 e. The molecule has 1 fully saturated rings. The Kier molecular flexibility index (Phi) is 7.10. The summed E-state index contributed by atoms with van der Waals surface area (Å²) in [5, 5.41) is 8.95. The minimum atomic E-state index is -1.03. The minimum Gasteiger partial charge on any atom is -0.493 e. The largest absolute Gasteiger partial charge is 0.493 e. The normalized spacial score (nSPS) is 13.8. The molecule has 0 spiro atoms. The molecule has 8 heteroatoms. The third-order valence-corrected chi connectivity index (χ3v) is 5.50. The minimum absolute atomic E-state index is 0.00248. The summed E-state index contributed by atoms with van der Waals surface area (Å²) in [6.07, 6.45) is 0.278. The quantitative estimate of drug-likeness (QED) is 0.694. The number of hydrogen-bond acceptors (Lipinski definition) is 4.